The van der Waals surface area contributed by atoms with Gasteiger partial charge in [0, 0.05) is 29.6 Å². The van der Waals surface area contributed by atoms with Gasteiger partial charge in [0.05, 0.1) is 12.0 Å². The molecule has 1 unspecified atom stereocenters. The minimum Gasteiger partial charge on any atom is -0.461 e. The van der Waals surface area contributed by atoms with Gasteiger partial charge in [-0.05, 0) is 37.5 Å². The Morgan fingerprint density at radius 2 is 2.16 bits per heavy atom. The maximum atomic E-state index is 9.47. The van der Waals surface area contributed by atoms with Crippen LogP contribution in [0.4, 0.5) is 5.69 Å². The highest BCUT2D eigenvalue weighted by atomic mass is 35.5. The Morgan fingerprint density at radius 3 is 3.00 bits per heavy atom. The summed E-state index contributed by atoms with van der Waals surface area (Å²) in [7, 11) is 0. The second-order valence-corrected chi connectivity index (χ2v) is 5.42. The number of anilines is 1. The van der Waals surface area contributed by atoms with Gasteiger partial charge in [-0.1, -0.05) is 0 Å². The van der Waals surface area contributed by atoms with Crippen LogP contribution < -0.4 is 5.32 Å². The zero-order chi connectivity index (χ0) is 13.2. The molecule has 1 aromatic carbocycles. The van der Waals surface area contributed by atoms with Gasteiger partial charge in [0.15, 0.2) is 0 Å². The van der Waals surface area contributed by atoms with E-state index < -0.39 is 6.10 Å². The number of aliphatic hydroxyl groups is 1. The lowest BCUT2D eigenvalue weighted by atomic mass is 9.96. The van der Waals surface area contributed by atoms with Gasteiger partial charge in [0.25, 0.3) is 0 Å². The summed E-state index contributed by atoms with van der Waals surface area (Å²) in [5, 5.41) is 13.9. The fourth-order valence-electron chi connectivity index (χ4n) is 2.66. The van der Waals surface area contributed by atoms with E-state index in [-0.39, 0.29) is 5.88 Å². The van der Waals surface area contributed by atoms with Gasteiger partial charge in [-0.2, -0.15) is 0 Å². The molecular formula is C15H18ClNO2. The highest BCUT2D eigenvalue weighted by Crippen LogP contribution is 2.33. The van der Waals surface area contributed by atoms with E-state index in [0.29, 0.717) is 6.54 Å². The van der Waals surface area contributed by atoms with Crippen LogP contribution in [0.15, 0.2) is 22.6 Å². The van der Waals surface area contributed by atoms with Crippen molar-refractivity contribution in [1.82, 2.24) is 0 Å². The number of fused-ring (bicyclic) bond motifs is 3. The number of halogens is 1. The summed E-state index contributed by atoms with van der Waals surface area (Å²) in [5.74, 6) is 1.40. The number of hydrogen-bond donors (Lipinski definition) is 2. The fraction of sp³-hybridized carbons (Fsp3) is 0.467. The Kier molecular flexibility index (Phi) is 3.67. The molecule has 1 atom stereocenters. The average Bonchev–Trinajstić information content (AvgIpc) is 2.82. The first-order valence-corrected chi connectivity index (χ1v) is 7.33. The maximum Gasteiger partial charge on any atom is 0.134 e. The predicted octanol–water partition coefficient (Wildman–Crippen LogP) is 3.32. The third kappa shape index (κ3) is 2.58. The predicted molar refractivity (Wildman–Crippen MR) is 78.1 cm³/mol. The van der Waals surface area contributed by atoms with Crippen molar-refractivity contribution >= 4 is 28.3 Å². The molecule has 0 fully saturated rings. The minimum atomic E-state index is -0.518. The standard InChI is InChI=1S/C15H18ClNO2/c16-8-11(18)9-17-10-5-6-15-13(7-10)12-3-1-2-4-14(12)19-15/h5-7,11,17-18H,1-4,8-9H2. The molecule has 0 spiro atoms. The Morgan fingerprint density at radius 1 is 1.32 bits per heavy atom. The summed E-state index contributed by atoms with van der Waals surface area (Å²) in [6, 6.07) is 6.10. The van der Waals surface area contributed by atoms with Crippen LogP contribution in [0.1, 0.15) is 24.2 Å². The topological polar surface area (TPSA) is 45.4 Å². The van der Waals surface area contributed by atoms with Crippen molar-refractivity contribution in [3.8, 4) is 0 Å². The number of rotatable bonds is 4. The fourth-order valence-corrected chi connectivity index (χ4v) is 2.77. The Hall–Kier alpha value is -1.19. The summed E-state index contributed by atoms with van der Waals surface area (Å²) in [4.78, 5) is 0. The van der Waals surface area contributed by atoms with E-state index in [0.717, 1.165) is 29.9 Å². The summed E-state index contributed by atoms with van der Waals surface area (Å²) in [6.45, 7) is 0.467. The van der Waals surface area contributed by atoms with Crippen molar-refractivity contribution in [1.29, 1.82) is 0 Å². The summed E-state index contributed by atoms with van der Waals surface area (Å²) < 4.78 is 5.89. The van der Waals surface area contributed by atoms with Crippen molar-refractivity contribution in [2.45, 2.75) is 31.8 Å². The molecule has 3 nitrogen and oxygen atoms in total. The number of benzene rings is 1. The van der Waals surface area contributed by atoms with Crippen molar-refractivity contribution in [3.63, 3.8) is 0 Å². The van der Waals surface area contributed by atoms with Crippen LogP contribution in [0.2, 0.25) is 0 Å². The van der Waals surface area contributed by atoms with E-state index in [4.69, 9.17) is 16.0 Å². The van der Waals surface area contributed by atoms with Crippen LogP contribution in [0.25, 0.3) is 11.0 Å². The van der Waals surface area contributed by atoms with Crippen molar-refractivity contribution in [3.05, 3.63) is 29.5 Å². The van der Waals surface area contributed by atoms with Gasteiger partial charge in [0.1, 0.15) is 11.3 Å². The molecule has 0 radical (unpaired) electrons. The van der Waals surface area contributed by atoms with Gasteiger partial charge in [0.2, 0.25) is 0 Å². The van der Waals surface area contributed by atoms with Crippen LogP contribution in [-0.2, 0) is 12.8 Å². The molecule has 19 heavy (non-hydrogen) atoms. The maximum absolute atomic E-state index is 9.47. The third-order valence-electron chi connectivity index (χ3n) is 3.67. The SMILES string of the molecule is OC(CCl)CNc1ccc2oc3c(c2c1)CCCC3. The molecule has 2 N–H and O–H groups in total. The molecule has 1 aromatic heterocycles. The normalized spacial score (nSPS) is 16.3. The monoisotopic (exact) mass is 279 g/mol. The number of hydrogen-bond acceptors (Lipinski definition) is 3. The number of aliphatic hydroxyl groups excluding tert-OH is 1. The highest BCUT2D eigenvalue weighted by molar-refractivity contribution is 6.18. The quantitative estimate of drug-likeness (QED) is 0.844. The molecule has 1 aliphatic rings. The van der Waals surface area contributed by atoms with Crippen LogP contribution in [-0.4, -0.2) is 23.6 Å². The zero-order valence-electron chi connectivity index (χ0n) is 10.8. The Bertz CT molecular complexity index is 579. The Balaban J connectivity index is 1.87. The van der Waals surface area contributed by atoms with E-state index in [9.17, 15) is 5.11 Å². The van der Waals surface area contributed by atoms with Crippen LogP contribution in [0.5, 0.6) is 0 Å². The van der Waals surface area contributed by atoms with Crippen LogP contribution in [0.3, 0.4) is 0 Å². The number of nitrogens with one attached hydrogen (secondary N) is 1. The molecular weight excluding hydrogens is 262 g/mol. The molecule has 0 saturated carbocycles. The molecule has 0 aliphatic heterocycles. The van der Waals surface area contributed by atoms with Gasteiger partial charge in [-0.25, -0.2) is 0 Å². The summed E-state index contributed by atoms with van der Waals surface area (Å²) in [5.41, 5.74) is 3.34. The first kappa shape index (κ1) is 12.8. The van der Waals surface area contributed by atoms with Crippen molar-refractivity contribution < 1.29 is 9.52 Å². The molecule has 1 aliphatic carbocycles. The highest BCUT2D eigenvalue weighted by Gasteiger charge is 2.17. The summed E-state index contributed by atoms with van der Waals surface area (Å²) in [6.07, 6.45) is 4.11. The van der Waals surface area contributed by atoms with E-state index in [2.05, 4.69) is 11.4 Å². The second kappa shape index (κ2) is 5.43. The molecule has 4 heteroatoms. The molecule has 0 amide bonds. The number of furan rings is 1. The van der Waals surface area contributed by atoms with Gasteiger partial charge >= 0.3 is 0 Å². The minimum absolute atomic E-state index is 0.246. The van der Waals surface area contributed by atoms with Crippen molar-refractivity contribution in [2.75, 3.05) is 17.7 Å². The lowest BCUT2D eigenvalue weighted by Gasteiger charge is -2.11. The molecule has 3 rings (SSSR count). The number of alkyl halides is 1. The molecule has 0 bridgehead atoms. The van der Waals surface area contributed by atoms with Crippen LogP contribution in [0, 0.1) is 0 Å². The third-order valence-corrected chi connectivity index (χ3v) is 4.03. The van der Waals surface area contributed by atoms with E-state index in [1.54, 1.807) is 0 Å². The lowest BCUT2D eigenvalue weighted by molar-refractivity contribution is 0.211. The second-order valence-electron chi connectivity index (χ2n) is 5.11. The molecule has 2 aromatic rings. The van der Waals surface area contributed by atoms with E-state index in [1.165, 1.54) is 23.8 Å². The number of aryl methyl sites for hydroxylation is 2. The van der Waals surface area contributed by atoms with E-state index >= 15 is 0 Å². The summed E-state index contributed by atoms with van der Waals surface area (Å²) >= 11 is 5.59. The van der Waals surface area contributed by atoms with Crippen LogP contribution >= 0.6 is 11.6 Å². The molecule has 102 valence electrons. The zero-order valence-corrected chi connectivity index (χ0v) is 11.5. The molecule has 1 heterocycles. The lowest BCUT2D eigenvalue weighted by Crippen LogP contribution is -2.20. The van der Waals surface area contributed by atoms with Gasteiger partial charge in [-0.3, -0.25) is 0 Å². The van der Waals surface area contributed by atoms with Crippen molar-refractivity contribution in [2.24, 2.45) is 0 Å². The first-order chi connectivity index (χ1) is 9.28. The average molecular weight is 280 g/mol. The van der Waals surface area contributed by atoms with Gasteiger partial charge < -0.3 is 14.8 Å². The largest absolute Gasteiger partial charge is 0.461 e. The smallest absolute Gasteiger partial charge is 0.134 e. The first-order valence-electron chi connectivity index (χ1n) is 6.80. The van der Waals surface area contributed by atoms with E-state index in [1.807, 2.05) is 12.1 Å². The molecule has 0 saturated heterocycles. The Labute approximate surface area is 117 Å². The van der Waals surface area contributed by atoms with Gasteiger partial charge in [-0.15, -0.1) is 11.6 Å².